The van der Waals surface area contributed by atoms with E-state index in [-0.39, 0.29) is 6.10 Å². The third-order valence-electron chi connectivity index (χ3n) is 1.47. The van der Waals surface area contributed by atoms with Gasteiger partial charge in [-0.3, -0.25) is 0 Å². The summed E-state index contributed by atoms with van der Waals surface area (Å²) in [5, 5.41) is 0.993. The molecule has 0 aliphatic carbocycles. The molecule has 1 aromatic rings. The van der Waals surface area contributed by atoms with Crippen LogP contribution in [0.25, 0.3) is 0 Å². The van der Waals surface area contributed by atoms with Crippen LogP contribution in [0.1, 0.15) is 22.9 Å². The lowest BCUT2D eigenvalue weighted by Gasteiger charge is -2.02. The summed E-state index contributed by atoms with van der Waals surface area (Å²) >= 11 is 1.60. The van der Waals surface area contributed by atoms with Gasteiger partial charge in [-0.2, -0.15) is 0 Å². The second-order valence-corrected chi connectivity index (χ2v) is 3.39. The van der Waals surface area contributed by atoms with Crippen LogP contribution in [0.5, 0.6) is 0 Å². The number of methoxy groups -OCH3 is 1. The Hall–Kier alpha value is -0.450. The van der Waals surface area contributed by atoms with Crippen LogP contribution in [0.2, 0.25) is 0 Å². The molecule has 3 nitrogen and oxygen atoms in total. The second kappa shape index (κ2) is 3.80. The SMILES string of the molecule is COC(C)c1ncc(CN)s1. The Labute approximate surface area is 70.2 Å². The molecule has 0 saturated carbocycles. The average Bonchev–Trinajstić information content (AvgIpc) is 2.50. The molecule has 0 aromatic carbocycles. The van der Waals surface area contributed by atoms with Crippen molar-refractivity contribution in [3.63, 3.8) is 0 Å². The number of ether oxygens (including phenoxy) is 1. The van der Waals surface area contributed by atoms with Gasteiger partial charge in [0.1, 0.15) is 11.1 Å². The van der Waals surface area contributed by atoms with Gasteiger partial charge in [-0.1, -0.05) is 0 Å². The summed E-state index contributed by atoms with van der Waals surface area (Å²) in [6.45, 7) is 2.53. The zero-order valence-electron chi connectivity index (χ0n) is 6.70. The van der Waals surface area contributed by atoms with Crippen molar-refractivity contribution in [1.29, 1.82) is 0 Å². The average molecular weight is 172 g/mol. The lowest BCUT2D eigenvalue weighted by Crippen LogP contribution is -1.93. The topological polar surface area (TPSA) is 48.1 Å². The maximum absolute atomic E-state index is 5.43. The molecule has 1 heterocycles. The monoisotopic (exact) mass is 172 g/mol. The number of nitrogens with zero attached hydrogens (tertiary/aromatic N) is 1. The summed E-state index contributed by atoms with van der Waals surface area (Å²) in [7, 11) is 1.67. The number of aromatic nitrogens is 1. The van der Waals surface area contributed by atoms with Gasteiger partial charge in [0.15, 0.2) is 0 Å². The molecule has 0 aliphatic heterocycles. The molecular formula is C7H12N2OS. The first-order valence-electron chi connectivity index (χ1n) is 3.45. The first-order chi connectivity index (χ1) is 5.27. The first-order valence-corrected chi connectivity index (χ1v) is 4.27. The highest BCUT2D eigenvalue weighted by molar-refractivity contribution is 7.11. The molecule has 4 heteroatoms. The van der Waals surface area contributed by atoms with Gasteiger partial charge < -0.3 is 10.5 Å². The highest BCUT2D eigenvalue weighted by Crippen LogP contribution is 2.21. The molecule has 0 saturated heterocycles. The molecule has 0 aliphatic rings. The molecule has 0 amide bonds. The van der Waals surface area contributed by atoms with E-state index in [1.165, 1.54) is 0 Å². The fourth-order valence-electron chi connectivity index (χ4n) is 0.706. The van der Waals surface area contributed by atoms with Gasteiger partial charge in [0.25, 0.3) is 0 Å². The van der Waals surface area contributed by atoms with Gasteiger partial charge in [0.05, 0.1) is 0 Å². The van der Waals surface area contributed by atoms with Crippen LogP contribution in [0, 0.1) is 0 Å². The lowest BCUT2D eigenvalue weighted by atomic mass is 10.4. The minimum Gasteiger partial charge on any atom is -0.375 e. The molecule has 11 heavy (non-hydrogen) atoms. The third kappa shape index (κ3) is 1.99. The first kappa shape index (κ1) is 8.64. The molecule has 0 fully saturated rings. The van der Waals surface area contributed by atoms with Gasteiger partial charge in [-0.05, 0) is 6.92 Å². The molecule has 0 radical (unpaired) electrons. The number of hydrogen-bond acceptors (Lipinski definition) is 4. The molecular weight excluding hydrogens is 160 g/mol. The van der Waals surface area contributed by atoms with Crippen LogP contribution in [-0.2, 0) is 11.3 Å². The number of nitrogens with two attached hydrogens (primary N) is 1. The lowest BCUT2D eigenvalue weighted by molar-refractivity contribution is 0.119. The van der Waals surface area contributed by atoms with Gasteiger partial charge in [0.2, 0.25) is 0 Å². The summed E-state index contributed by atoms with van der Waals surface area (Å²) in [5.41, 5.74) is 5.43. The Morgan fingerprint density at radius 2 is 2.55 bits per heavy atom. The zero-order chi connectivity index (χ0) is 8.27. The van der Waals surface area contributed by atoms with Gasteiger partial charge >= 0.3 is 0 Å². The van der Waals surface area contributed by atoms with Crippen molar-refractivity contribution in [2.24, 2.45) is 5.73 Å². The largest absolute Gasteiger partial charge is 0.375 e. The van der Waals surface area contributed by atoms with Crippen molar-refractivity contribution in [3.8, 4) is 0 Å². The van der Waals surface area contributed by atoms with E-state index in [0.717, 1.165) is 9.88 Å². The normalized spacial score (nSPS) is 13.4. The highest BCUT2D eigenvalue weighted by atomic mass is 32.1. The van der Waals surface area contributed by atoms with E-state index in [4.69, 9.17) is 10.5 Å². The van der Waals surface area contributed by atoms with Crippen LogP contribution < -0.4 is 5.73 Å². The van der Waals surface area contributed by atoms with E-state index < -0.39 is 0 Å². The van der Waals surface area contributed by atoms with E-state index in [9.17, 15) is 0 Å². The quantitative estimate of drug-likeness (QED) is 0.747. The Kier molecular flexibility index (Phi) is 2.99. The van der Waals surface area contributed by atoms with Crippen LogP contribution >= 0.6 is 11.3 Å². The fourth-order valence-corrected chi connectivity index (χ4v) is 1.53. The molecule has 1 aromatic heterocycles. The smallest absolute Gasteiger partial charge is 0.121 e. The van der Waals surface area contributed by atoms with E-state index in [2.05, 4.69) is 4.98 Å². The summed E-state index contributed by atoms with van der Waals surface area (Å²) in [4.78, 5) is 5.27. The van der Waals surface area contributed by atoms with Crippen molar-refractivity contribution in [2.75, 3.05) is 7.11 Å². The molecule has 62 valence electrons. The fraction of sp³-hybridized carbons (Fsp3) is 0.571. The molecule has 0 bridgehead atoms. The minimum absolute atomic E-state index is 0.0836. The van der Waals surface area contributed by atoms with Crippen LogP contribution in [0.15, 0.2) is 6.20 Å². The predicted molar refractivity (Wildman–Crippen MR) is 45.4 cm³/mol. The van der Waals surface area contributed by atoms with Gasteiger partial charge in [0, 0.05) is 24.7 Å². The van der Waals surface area contributed by atoms with Crippen LogP contribution in [0.4, 0.5) is 0 Å². The zero-order valence-corrected chi connectivity index (χ0v) is 7.52. The predicted octanol–water partition coefficient (Wildman–Crippen LogP) is 1.31. The summed E-state index contributed by atoms with van der Waals surface area (Å²) in [6, 6.07) is 0. The number of hydrogen-bond donors (Lipinski definition) is 1. The van der Waals surface area contributed by atoms with Crippen molar-refractivity contribution in [2.45, 2.75) is 19.6 Å². The minimum atomic E-state index is 0.0836. The maximum atomic E-state index is 5.43. The number of rotatable bonds is 3. The van der Waals surface area contributed by atoms with E-state index in [1.807, 2.05) is 6.92 Å². The molecule has 0 spiro atoms. The Balaban J connectivity index is 2.71. The van der Waals surface area contributed by atoms with Crippen molar-refractivity contribution >= 4 is 11.3 Å². The third-order valence-corrected chi connectivity index (χ3v) is 2.65. The Bertz CT molecular complexity index is 224. The van der Waals surface area contributed by atoms with Gasteiger partial charge in [-0.25, -0.2) is 4.98 Å². The summed E-state index contributed by atoms with van der Waals surface area (Å²) < 4.78 is 5.10. The summed E-state index contributed by atoms with van der Waals surface area (Å²) in [5.74, 6) is 0. The van der Waals surface area contributed by atoms with E-state index in [0.29, 0.717) is 6.54 Å². The Morgan fingerprint density at radius 1 is 1.82 bits per heavy atom. The molecule has 1 unspecified atom stereocenters. The standard InChI is InChI=1S/C7H12N2OS/c1-5(10-2)7-9-4-6(3-8)11-7/h4-5H,3,8H2,1-2H3. The highest BCUT2D eigenvalue weighted by Gasteiger charge is 2.07. The molecule has 1 rings (SSSR count). The van der Waals surface area contributed by atoms with Crippen molar-refractivity contribution in [3.05, 3.63) is 16.1 Å². The van der Waals surface area contributed by atoms with Gasteiger partial charge in [-0.15, -0.1) is 11.3 Å². The number of thiazole rings is 1. The summed E-state index contributed by atoms with van der Waals surface area (Å²) in [6.07, 6.45) is 1.88. The van der Waals surface area contributed by atoms with E-state index in [1.54, 1.807) is 24.6 Å². The van der Waals surface area contributed by atoms with Crippen LogP contribution in [-0.4, -0.2) is 12.1 Å². The van der Waals surface area contributed by atoms with Crippen molar-refractivity contribution in [1.82, 2.24) is 4.98 Å². The Morgan fingerprint density at radius 3 is 3.00 bits per heavy atom. The second-order valence-electron chi connectivity index (χ2n) is 2.25. The molecule has 2 N–H and O–H groups in total. The molecule has 1 atom stereocenters. The maximum Gasteiger partial charge on any atom is 0.121 e. The van der Waals surface area contributed by atoms with Crippen LogP contribution in [0.3, 0.4) is 0 Å². The van der Waals surface area contributed by atoms with E-state index >= 15 is 0 Å². The van der Waals surface area contributed by atoms with Crippen molar-refractivity contribution < 1.29 is 4.74 Å².